The molecule has 1 aromatic carbocycles. The van der Waals surface area contributed by atoms with Crippen molar-refractivity contribution in [3.63, 3.8) is 0 Å². The average molecular weight is 348 g/mol. The molecule has 1 aromatic heterocycles. The highest BCUT2D eigenvalue weighted by Crippen LogP contribution is 2.61. The summed E-state index contributed by atoms with van der Waals surface area (Å²) in [7, 11) is 0. The van der Waals surface area contributed by atoms with E-state index in [-0.39, 0.29) is 11.3 Å². The van der Waals surface area contributed by atoms with Gasteiger partial charge < -0.3 is 0 Å². The predicted octanol–water partition coefficient (Wildman–Crippen LogP) is 3.69. The van der Waals surface area contributed by atoms with E-state index in [9.17, 15) is 4.79 Å². The van der Waals surface area contributed by atoms with Gasteiger partial charge in [0.15, 0.2) is 0 Å². The van der Waals surface area contributed by atoms with Crippen LogP contribution in [0.15, 0.2) is 35.6 Å². The van der Waals surface area contributed by atoms with Crippen molar-refractivity contribution in [2.24, 2.45) is 28.3 Å². The SMILES string of the molecule is O=C(CC12CC3CC(CC(C3)C1)C2)N/N=C\c1cnc2ccccc2n1. The average Bonchev–Trinajstić information content (AvgIpc) is 2.60. The molecule has 5 nitrogen and oxygen atoms in total. The first-order valence-electron chi connectivity index (χ1n) is 9.71. The van der Waals surface area contributed by atoms with Crippen molar-refractivity contribution in [2.75, 3.05) is 0 Å². The Kier molecular flexibility index (Phi) is 3.76. The third-order valence-electron chi connectivity index (χ3n) is 6.55. The minimum Gasteiger partial charge on any atom is -0.273 e. The maximum absolute atomic E-state index is 12.5. The van der Waals surface area contributed by atoms with Crippen LogP contribution in [0.4, 0.5) is 0 Å². The molecule has 6 rings (SSSR count). The Hall–Kier alpha value is -2.30. The highest BCUT2D eigenvalue weighted by atomic mass is 16.2. The maximum atomic E-state index is 12.5. The second-order valence-corrected chi connectivity index (χ2v) is 8.67. The van der Waals surface area contributed by atoms with Gasteiger partial charge in [-0.25, -0.2) is 10.4 Å². The third-order valence-corrected chi connectivity index (χ3v) is 6.55. The number of nitrogens with zero attached hydrogens (tertiary/aromatic N) is 3. The topological polar surface area (TPSA) is 67.2 Å². The predicted molar refractivity (Wildman–Crippen MR) is 100 cm³/mol. The lowest BCUT2D eigenvalue weighted by molar-refractivity contribution is -0.129. The number of carbonyl (C=O) groups excluding carboxylic acids is 1. The standard InChI is InChI=1S/C21H24N4O/c26-20(11-21-8-14-5-15(9-21)7-16(6-14)10-21)25-23-13-17-12-22-18-3-1-2-4-19(18)24-17/h1-4,12-16H,5-11H2,(H,25,26)/b23-13-. The zero-order chi connectivity index (χ0) is 17.6. The Labute approximate surface area is 153 Å². The first-order valence-corrected chi connectivity index (χ1v) is 9.71. The number of aromatic nitrogens is 2. The molecule has 134 valence electrons. The molecule has 4 bridgehead atoms. The van der Waals surface area contributed by atoms with Crippen molar-refractivity contribution in [1.82, 2.24) is 15.4 Å². The summed E-state index contributed by atoms with van der Waals surface area (Å²) in [4.78, 5) is 21.3. The molecule has 0 unspecified atom stereocenters. The number of benzene rings is 1. The van der Waals surface area contributed by atoms with E-state index in [1.54, 1.807) is 12.4 Å². The van der Waals surface area contributed by atoms with Gasteiger partial charge in [-0.1, -0.05) is 12.1 Å². The van der Waals surface area contributed by atoms with Crippen LogP contribution in [0.5, 0.6) is 0 Å². The van der Waals surface area contributed by atoms with E-state index in [1.807, 2.05) is 24.3 Å². The van der Waals surface area contributed by atoms with Crippen LogP contribution in [0.25, 0.3) is 11.0 Å². The number of hydrogen-bond acceptors (Lipinski definition) is 4. The molecule has 4 saturated carbocycles. The molecule has 4 fully saturated rings. The fraction of sp³-hybridized carbons (Fsp3) is 0.524. The number of hydrazone groups is 1. The Morgan fingerprint density at radius 2 is 1.77 bits per heavy atom. The molecular weight excluding hydrogens is 324 g/mol. The molecule has 1 N–H and O–H groups in total. The Morgan fingerprint density at radius 3 is 2.46 bits per heavy atom. The van der Waals surface area contributed by atoms with E-state index in [4.69, 9.17) is 0 Å². The summed E-state index contributed by atoms with van der Waals surface area (Å²) in [5.74, 6) is 2.64. The van der Waals surface area contributed by atoms with Crippen LogP contribution in [-0.4, -0.2) is 22.1 Å². The normalized spacial score (nSPS) is 32.4. The van der Waals surface area contributed by atoms with Gasteiger partial charge in [-0.2, -0.15) is 5.10 Å². The van der Waals surface area contributed by atoms with Gasteiger partial charge in [-0.3, -0.25) is 9.78 Å². The summed E-state index contributed by atoms with van der Waals surface area (Å²) in [5, 5.41) is 4.12. The van der Waals surface area contributed by atoms with Gasteiger partial charge in [-0.15, -0.1) is 0 Å². The summed E-state index contributed by atoms with van der Waals surface area (Å²) in [6.07, 6.45) is 11.8. The van der Waals surface area contributed by atoms with Crippen molar-refractivity contribution in [1.29, 1.82) is 0 Å². The van der Waals surface area contributed by atoms with Crippen molar-refractivity contribution < 1.29 is 4.79 Å². The summed E-state index contributed by atoms with van der Waals surface area (Å²) in [6.45, 7) is 0. The molecule has 0 spiro atoms. The van der Waals surface area contributed by atoms with Gasteiger partial charge in [-0.05, 0) is 73.8 Å². The number of nitrogens with one attached hydrogen (secondary N) is 1. The van der Waals surface area contributed by atoms with E-state index < -0.39 is 0 Å². The van der Waals surface area contributed by atoms with Crippen LogP contribution in [0.2, 0.25) is 0 Å². The first kappa shape index (κ1) is 15.9. The van der Waals surface area contributed by atoms with Crippen LogP contribution in [0.1, 0.15) is 50.6 Å². The molecule has 26 heavy (non-hydrogen) atoms. The van der Waals surface area contributed by atoms with Gasteiger partial charge in [0.25, 0.3) is 0 Å². The summed E-state index contributed by atoms with van der Waals surface area (Å²) in [5.41, 5.74) is 5.30. The summed E-state index contributed by atoms with van der Waals surface area (Å²) in [6, 6.07) is 7.72. The number of fused-ring (bicyclic) bond motifs is 1. The third kappa shape index (κ3) is 3.00. The zero-order valence-electron chi connectivity index (χ0n) is 14.9. The van der Waals surface area contributed by atoms with Crippen molar-refractivity contribution in [3.8, 4) is 0 Å². The molecular formula is C21H24N4O. The van der Waals surface area contributed by atoms with E-state index in [0.717, 1.165) is 28.8 Å². The van der Waals surface area contributed by atoms with Gasteiger partial charge >= 0.3 is 0 Å². The Balaban J connectivity index is 1.22. The van der Waals surface area contributed by atoms with Gasteiger partial charge in [0.05, 0.1) is 23.4 Å². The minimum absolute atomic E-state index is 0.0388. The van der Waals surface area contributed by atoms with Crippen molar-refractivity contribution in [3.05, 3.63) is 36.2 Å². The number of amides is 1. The molecule has 1 heterocycles. The molecule has 0 saturated heterocycles. The molecule has 0 atom stereocenters. The molecule has 0 aliphatic heterocycles. The quantitative estimate of drug-likeness (QED) is 0.677. The Morgan fingerprint density at radius 1 is 1.12 bits per heavy atom. The van der Waals surface area contributed by atoms with E-state index in [1.165, 1.54) is 38.5 Å². The number of carbonyl (C=O) groups is 1. The molecule has 2 aromatic rings. The second kappa shape index (κ2) is 6.15. The highest BCUT2D eigenvalue weighted by Gasteiger charge is 2.51. The second-order valence-electron chi connectivity index (χ2n) is 8.67. The molecule has 0 radical (unpaired) electrons. The van der Waals surface area contributed by atoms with E-state index >= 15 is 0 Å². The molecule has 5 heteroatoms. The summed E-state index contributed by atoms with van der Waals surface area (Å²) >= 11 is 0. The van der Waals surface area contributed by atoms with Crippen LogP contribution in [0, 0.1) is 23.2 Å². The minimum atomic E-state index is 0.0388. The number of hydrogen-bond donors (Lipinski definition) is 1. The zero-order valence-corrected chi connectivity index (χ0v) is 14.9. The number of para-hydroxylation sites is 2. The molecule has 4 aliphatic carbocycles. The molecule has 4 aliphatic rings. The smallest absolute Gasteiger partial charge is 0.240 e. The van der Waals surface area contributed by atoms with Gasteiger partial charge in [0.2, 0.25) is 5.91 Å². The van der Waals surface area contributed by atoms with Crippen molar-refractivity contribution in [2.45, 2.75) is 44.9 Å². The fourth-order valence-corrected chi connectivity index (χ4v) is 6.09. The maximum Gasteiger partial charge on any atom is 0.240 e. The lowest BCUT2D eigenvalue weighted by Crippen LogP contribution is -2.47. The summed E-state index contributed by atoms with van der Waals surface area (Å²) < 4.78 is 0. The lowest BCUT2D eigenvalue weighted by Gasteiger charge is -2.56. The van der Waals surface area contributed by atoms with Crippen molar-refractivity contribution >= 4 is 23.2 Å². The van der Waals surface area contributed by atoms with Gasteiger partial charge in [0.1, 0.15) is 5.69 Å². The van der Waals surface area contributed by atoms with E-state index in [0.29, 0.717) is 12.1 Å². The van der Waals surface area contributed by atoms with Crippen LogP contribution < -0.4 is 5.43 Å². The largest absolute Gasteiger partial charge is 0.273 e. The highest BCUT2D eigenvalue weighted by molar-refractivity contribution is 5.83. The first-order chi connectivity index (χ1) is 12.7. The fourth-order valence-electron chi connectivity index (χ4n) is 6.09. The van der Waals surface area contributed by atoms with Gasteiger partial charge in [0, 0.05) is 6.42 Å². The van der Waals surface area contributed by atoms with Crippen LogP contribution >= 0.6 is 0 Å². The monoisotopic (exact) mass is 348 g/mol. The van der Waals surface area contributed by atoms with Crippen LogP contribution in [0.3, 0.4) is 0 Å². The van der Waals surface area contributed by atoms with Crippen LogP contribution in [-0.2, 0) is 4.79 Å². The Bertz CT molecular complexity index is 840. The molecule has 1 amide bonds. The lowest BCUT2D eigenvalue weighted by atomic mass is 9.49. The number of rotatable bonds is 4. The van der Waals surface area contributed by atoms with E-state index in [2.05, 4.69) is 20.5 Å².